The number of nitrogens with zero attached hydrogens (tertiary/aromatic N) is 1. The lowest BCUT2D eigenvalue weighted by Crippen LogP contribution is -2.63. The van der Waals surface area contributed by atoms with Crippen molar-refractivity contribution in [2.24, 2.45) is 23.7 Å². The number of allylic oxidation sites excluding steroid dienone is 3. The molecule has 1 saturated heterocycles. The zero-order chi connectivity index (χ0) is 27.9. The Bertz CT molecular complexity index is 1600. The van der Waals surface area contributed by atoms with Crippen LogP contribution < -0.4 is 4.90 Å². The van der Waals surface area contributed by atoms with Crippen molar-refractivity contribution in [2.45, 2.75) is 56.7 Å². The maximum Gasteiger partial charge on any atom is 0.348 e. The zero-order valence-electron chi connectivity index (χ0n) is 23.6. The lowest BCUT2D eigenvalue weighted by molar-refractivity contribution is -0.313. The van der Waals surface area contributed by atoms with Crippen molar-refractivity contribution in [1.29, 1.82) is 0 Å². The number of rotatable bonds is 3. The molecule has 9 rings (SSSR count). The standard InChI is InChI=1S/C36H35NO4/c1-35(21-22-8-4-3-5-9-22)31(37(2)30-14-12-25-10-6-7-11-28(25)32(30)35)15-13-29-33(38)40-36(41-34(29)39)26-17-23-16-24(19-26)20-27(36)18-23/h3-15,23-24,26-27H,16-21H2,1-2H3. The molecule has 2 heterocycles. The monoisotopic (exact) mass is 545 g/mol. The van der Waals surface area contributed by atoms with Gasteiger partial charge in [-0.1, -0.05) is 60.7 Å². The first-order valence-electron chi connectivity index (χ1n) is 15.0. The van der Waals surface area contributed by atoms with Crippen molar-refractivity contribution in [3.05, 3.63) is 101 Å². The number of anilines is 1. The number of hydrogen-bond donors (Lipinski definition) is 0. The highest BCUT2D eigenvalue weighted by atomic mass is 16.7. The Morgan fingerprint density at radius 3 is 2.12 bits per heavy atom. The van der Waals surface area contributed by atoms with Crippen LogP contribution in [0.4, 0.5) is 5.69 Å². The lowest BCUT2D eigenvalue weighted by atomic mass is 9.53. The van der Waals surface area contributed by atoms with Crippen LogP contribution in [-0.4, -0.2) is 24.8 Å². The Morgan fingerprint density at radius 2 is 1.44 bits per heavy atom. The van der Waals surface area contributed by atoms with Gasteiger partial charge in [-0.15, -0.1) is 0 Å². The maximum absolute atomic E-state index is 13.5. The van der Waals surface area contributed by atoms with E-state index >= 15 is 0 Å². The van der Waals surface area contributed by atoms with E-state index in [2.05, 4.69) is 79.5 Å². The molecule has 3 aromatic rings. The highest BCUT2D eigenvalue weighted by Crippen LogP contribution is 2.61. The van der Waals surface area contributed by atoms with Crippen LogP contribution in [0.3, 0.4) is 0 Å². The highest BCUT2D eigenvalue weighted by molar-refractivity contribution is 6.15. The topological polar surface area (TPSA) is 55.8 Å². The molecule has 4 bridgehead atoms. The van der Waals surface area contributed by atoms with E-state index in [-0.39, 0.29) is 17.4 Å². The molecule has 2 aliphatic heterocycles. The molecule has 4 aliphatic carbocycles. The van der Waals surface area contributed by atoms with E-state index in [1.807, 2.05) is 12.1 Å². The van der Waals surface area contributed by atoms with Gasteiger partial charge in [0, 0.05) is 35.7 Å². The molecule has 41 heavy (non-hydrogen) atoms. The Morgan fingerprint density at radius 1 is 0.805 bits per heavy atom. The van der Waals surface area contributed by atoms with E-state index in [1.165, 1.54) is 28.3 Å². The molecule has 0 N–H and O–H groups in total. The summed E-state index contributed by atoms with van der Waals surface area (Å²) in [7, 11) is 2.06. The Labute approximate surface area is 240 Å². The fourth-order valence-corrected chi connectivity index (χ4v) is 9.20. The van der Waals surface area contributed by atoms with Gasteiger partial charge in [0.15, 0.2) is 0 Å². The molecule has 3 aromatic carbocycles. The molecule has 5 fully saturated rings. The van der Waals surface area contributed by atoms with E-state index in [4.69, 9.17) is 9.47 Å². The van der Waals surface area contributed by atoms with Gasteiger partial charge in [0.05, 0.1) is 0 Å². The largest absolute Gasteiger partial charge is 0.418 e. The van der Waals surface area contributed by atoms with Crippen LogP contribution in [-0.2, 0) is 30.9 Å². The van der Waals surface area contributed by atoms with E-state index in [0.29, 0.717) is 11.8 Å². The summed E-state index contributed by atoms with van der Waals surface area (Å²) in [6.45, 7) is 2.26. The molecular formula is C36H35NO4. The van der Waals surface area contributed by atoms with Crippen molar-refractivity contribution in [3.8, 4) is 0 Å². The third kappa shape index (κ3) is 3.60. The number of ether oxygens (including phenoxy) is 2. The van der Waals surface area contributed by atoms with E-state index in [1.54, 1.807) is 6.08 Å². The van der Waals surface area contributed by atoms with Crippen LogP contribution in [0.5, 0.6) is 0 Å². The molecule has 0 amide bonds. The first-order chi connectivity index (χ1) is 19.9. The van der Waals surface area contributed by atoms with Crippen LogP contribution >= 0.6 is 0 Å². The van der Waals surface area contributed by atoms with Crippen LogP contribution in [0, 0.1) is 23.7 Å². The van der Waals surface area contributed by atoms with Gasteiger partial charge in [0.2, 0.25) is 0 Å². The Kier molecular flexibility index (Phi) is 5.35. The van der Waals surface area contributed by atoms with Gasteiger partial charge in [0.25, 0.3) is 5.79 Å². The molecule has 0 aromatic heterocycles. The third-order valence-electron chi connectivity index (χ3n) is 10.8. The van der Waals surface area contributed by atoms with Gasteiger partial charge in [-0.2, -0.15) is 0 Å². The number of fused-ring (bicyclic) bond motifs is 3. The smallest absolute Gasteiger partial charge is 0.348 e. The summed E-state index contributed by atoms with van der Waals surface area (Å²) in [6, 6.07) is 23.3. The van der Waals surface area contributed by atoms with E-state index < -0.39 is 23.1 Å². The second-order valence-electron chi connectivity index (χ2n) is 13.2. The second kappa shape index (κ2) is 8.82. The minimum absolute atomic E-state index is 0.0202. The first kappa shape index (κ1) is 24.9. The normalized spacial score (nSPS) is 34.3. The SMILES string of the molecule is CN1C(=CC=C2C(=O)OC3(OC2=O)C2CC4CC(C2)CC3C4)C(C)(Cc2ccccc2)c2c1ccc1ccccc21. The van der Waals surface area contributed by atoms with Crippen molar-refractivity contribution in [1.82, 2.24) is 0 Å². The Hall–Kier alpha value is -3.86. The van der Waals surface area contributed by atoms with E-state index in [0.717, 1.165) is 43.5 Å². The first-order valence-corrected chi connectivity index (χ1v) is 15.0. The summed E-state index contributed by atoms with van der Waals surface area (Å²) in [4.78, 5) is 29.2. The molecule has 1 atom stereocenters. The summed E-state index contributed by atoms with van der Waals surface area (Å²) < 4.78 is 12.3. The molecule has 208 valence electrons. The highest BCUT2D eigenvalue weighted by Gasteiger charge is 2.64. The number of carbonyl (C=O) groups is 2. The van der Waals surface area contributed by atoms with Gasteiger partial charge < -0.3 is 14.4 Å². The van der Waals surface area contributed by atoms with Gasteiger partial charge >= 0.3 is 11.9 Å². The van der Waals surface area contributed by atoms with Gasteiger partial charge in [-0.05, 0) is 97.4 Å². The summed E-state index contributed by atoms with van der Waals surface area (Å²) in [5, 5.41) is 2.41. The Balaban J connectivity index is 1.19. The molecule has 5 nitrogen and oxygen atoms in total. The molecule has 6 aliphatic rings. The summed E-state index contributed by atoms with van der Waals surface area (Å²) in [5.74, 6) is -0.528. The zero-order valence-corrected chi connectivity index (χ0v) is 23.6. The minimum Gasteiger partial charge on any atom is -0.418 e. The summed E-state index contributed by atoms with van der Waals surface area (Å²) in [6.07, 6.45) is 9.59. The molecule has 4 saturated carbocycles. The van der Waals surface area contributed by atoms with Crippen LogP contribution in [0.2, 0.25) is 0 Å². The number of benzene rings is 3. The fraction of sp³-hybridized carbons (Fsp3) is 0.389. The molecule has 1 spiro atoms. The lowest BCUT2D eigenvalue weighted by Gasteiger charge is -2.59. The molecule has 1 unspecified atom stereocenters. The van der Waals surface area contributed by atoms with Gasteiger partial charge in [-0.25, -0.2) is 9.59 Å². The summed E-state index contributed by atoms with van der Waals surface area (Å²) >= 11 is 0. The van der Waals surface area contributed by atoms with Crippen LogP contribution in [0.1, 0.15) is 50.2 Å². The van der Waals surface area contributed by atoms with Crippen molar-refractivity contribution in [2.75, 3.05) is 11.9 Å². The van der Waals surface area contributed by atoms with Gasteiger partial charge in [-0.3, -0.25) is 0 Å². The van der Waals surface area contributed by atoms with Crippen LogP contribution in [0.15, 0.2) is 90.2 Å². The summed E-state index contributed by atoms with van der Waals surface area (Å²) in [5.41, 5.74) is 4.22. The predicted octanol–water partition coefficient (Wildman–Crippen LogP) is 6.85. The van der Waals surface area contributed by atoms with E-state index in [9.17, 15) is 9.59 Å². The van der Waals surface area contributed by atoms with Crippen molar-refractivity contribution in [3.63, 3.8) is 0 Å². The number of likely N-dealkylation sites (N-methyl/N-ethyl adjacent to an activating group) is 1. The molecule has 5 heteroatoms. The van der Waals surface area contributed by atoms with Crippen molar-refractivity contribution >= 4 is 28.4 Å². The molecule has 0 radical (unpaired) electrons. The average molecular weight is 546 g/mol. The third-order valence-corrected chi connectivity index (χ3v) is 10.8. The number of hydrogen-bond acceptors (Lipinski definition) is 5. The predicted molar refractivity (Wildman–Crippen MR) is 158 cm³/mol. The number of esters is 2. The minimum atomic E-state index is -1.06. The van der Waals surface area contributed by atoms with Crippen LogP contribution in [0.25, 0.3) is 10.8 Å². The van der Waals surface area contributed by atoms with Crippen molar-refractivity contribution < 1.29 is 19.1 Å². The van der Waals surface area contributed by atoms with Gasteiger partial charge in [0.1, 0.15) is 5.57 Å². The average Bonchev–Trinajstić information content (AvgIpc) is 3.17. The number of carbonyl (C=O) groups excluding carboxylic acids is 2. The fourth-order valence-electron chi connectivity index (χ4n) is 9.20. The maximum atomic E-state index is 13.5. The quantitative estimate of drug-likeness (QED) is 0.205. The molecular weight excluding hydrogens is 510 g/mol. The second-order valence-corrected chi connectivity index (χ2v) is 13.2.